The van der Waals surface area contributed by atoms with Crippen LogP contribution in [0.1, 0.15) is 50.4 Å². The van der Waals surface area contributed by atoms with Crippen molar-refractivity contribution in [1.29, 1.82) is 0 Å². The van der Waals surface area contributed by atoms with Gasteiger partial charge >= 0.3 is 0 Å². The predicted octanol–water partition coefficient (Wildman–Crippen LogP) is 0.629. The van der Waals surface area contributed by atoms with E-state index < -0.39 is 29.8 Å². The van der Waals surface area contributed by atoms with Crippen molar-refractivity contribution in [3.63, 3.8) is 0 Å². The number of carbonyl (C=O) groups is 2. The quantitative estimate of drug-likeness (QED) is 0.562. The van der Waals surface area contributed by atoms with Gasteiger partial charge in [-0.2, -0.15) is 0 Å². The van der Waals surface area contributed by atoms with Crippen molar-refractivity contribution >= 4 is 11.8 Å². The molecule has 3 N–H and O–H groups in total. The Morgan fingerprint density at radius 2 is 1.94 bits per heavy atom. The number of hydrogen-bond donors (Lipinski definition) is 3. The molecular weight excluding hydrogens is 442 g/mol. The molecule has 1 aromatic rings. The topological polar surface area (TPSA) is 132 Å². The molecule has 192 valence electrons. The van der Waals surface area contributed by atoms with Gasteiger partial charge in [0.2, 0.25) is 5.91 Å². The van der Waals surface area contributed by atoms with Crippen LogP contribution in [0.3, 0.4) is 0 Å². The molecule has 0 unspecified atom stereocenters. The van der Waals surface area contributed by atoms with Crippen LogP contribution in [-0.2, 0) is 14.3 Å². The highest BCUT2D eigenvalue weighted by atomic mass is 16.5. The van der Waals surface area contributed by atoms with E-state index >= 15 is 0 Å². The first-order valence-electron chi connectivity index (χ1n) is 12.0. The Balaban J connectivity index is 2.21. The Labute approximate surface area is 200 Å². The molecule has 1 fully saturated rings. The van der Waals surface area contributed by atoms with Crippen molar-refractivity contribution in [2.24, 2.45) is 5.92 Å². The summed E-state index contributed by atoms with van der Waals surface area (Å²) >= 11 is 0. The molecule has 0 radical (unpaired) electrons. The lowest BCUT2D eigenvalue weighted by atomic mass is 10.1. The minimum absolute atomic E-state index is 0.0441. The van der Waals surface area contributed by atoms with Crippen LogP contribution in [0.5, 0.6) is 0 Å². The fraction of sp³-hybridized carbons (Fsp3) is 0.708. The van der Waals surface area contributed by atoms with E-state index in [9.17, 15) is 24.6 Å². The van der Waals surface area contributed by atoms with Gasteiger partial charge < -0.3 is 34.5 Å². The zero-order valence-electron chi connectivity index (χ0n) is 20.4. The Bertz CT molecular complexity index is 829. The first kappa shape index (κ1) is 28.0. The molecule has 10 nitrogen and oxygen atoms in total. The first-order valence-corrected chi connectivity index (χ1v) is 12.0. The number of aliphatic hydroxyl groups excluding tert-OH is 2. The van der Waals surface area contributed by atoms with E-state index in [4.69, 9.17) is 9.47 Å². The number of pyridine rings is 1. The molecule has 10 heteroatoms. The highest BCUT2D eigenvalue weighted by Gasteiger charge is 2.31. The third kappa shape index (κ3) is 8.83. The molecule has 0 spiro atoms. The van der Waals surface area contributed by atoms with Gasteiger partial charge in [0.15, 0.2) is 0 Å². The molecule has 0 aliphatic carbocycles. The summed E-state index contributed by atoms with van der Waals surface area (Å²) in [5.41, 5.74) is -0.419. The number of amides is 2. The highest BCUT2D eigenvalue weighted by Crippen LogP contribution is 2.13. The molecule has 2 amide bonds. The molecule has 0 bridgehead atoms. The van der Waals surface area contributed by atoms with E-state index in [-0.39, 0.29) is 37.7 Å². The van der Waals surface area contributed by atoms with E-state index in [1.165, 1.54) is 24.1 Å². The van der Waals surface area contributed by atoms with Gasteiger partial charge in [0.1, 0.15) is 23.9 Å². The smallest absolute Gasteiger partial charge is 0.260 e. The van der Waals surface area contributed by atoms with Crippen LogP contribution in [0.4, 0.5) is 0 Å². The normalized spacial score (nSPS) is 23.5. The number of hydrogen-bond acceptors (Lipinski definition) is 7. The maximum Gasteiger partial charge on any atom is 0.260 e. The summed E-state index contributed by atoms with van der Waals surface area (Å²) in [5.74, 6) is -0.250. The van der Waals surface area contributed by atoms with Crippen LogP contribution in [0.25, 0.3) is 0 Å². The molecular formula is C24H39N3O7. The molecule has 34 heavy (non-hydrogen) atoms. The van der Waals surface area contributed by atoms with Crippen LogP contribution in [0.2, 0.25) is 0 Å². The molecule has 3 atom stereocenters. The standard InChI is InChI=1S/C24H39N3O7/c1-17(2)8-14-34-21-15-27(18(3)28)12-11-26(24(32)19-7-6-9-25-23(19)31)10-4-5-13-33-16-20(29)22(21)30/h6-7,9,17,20-22,29-30H,4-5,8,10-16H2,1-3H3,(H,25,31)/t20-,21-,22-/m1/s1. The van der Waals surface area contributed by atoms with Crippen molar-refractivity contribution < 1.29 is 29.3 Å². The molecule has 1 aliphatic heterocycles. The van der Waals surface area contributed by atoms with E-state index in [1.807, 2.05) is 0 Å². The van der Waals surface area contributed by atoms with Gasteiger partial charge in [0.25, 0.3) is 11.5 Å². The van der Waals surface area contributed by atoms with E-state index in [1.54, 1.807) is 11.0 Å². The van der Waals surface area contributed by atoms with Crippen molar-refractivity contribution in [2.75, 3.05) is 46.0 Å². The lowest BCUT2D eigenvalue weighted by molar-refractivity contribution is -0.140. The Kier molecular flexibility index (Phi) is 11.7. The van der Waals surface area contributed by atoms with Crippen molar-refractivity contribution in [3.8, 4) is 0 Å². The third-order valence-electron chi connectivity index (χ3n) is 5.88. The van der Waals surface area contributed by atoms with Gasteiger partial charge in [-0.05, 0) is 37.3 Å². The number of aromatic amines is 1. The van der Waals surface area contributed by atoms with Crippen molar-refractivity contribution in [3.05, 3.63) is 34.2 Å². The number of aromatic nitrogens is 1. The van der Waals surface area contributed by atoms with Gasteiger partial charge in [-0.1, -0.05) is 13.8 Å². The van der Waals surface area contributed by atoms with Gasteiger partial charge in [0.05, 0.1) is 6.61 Å². The summed E-state index contributed by atoms with van der Waals surface area (Å²) in [4.78, 5) is 43.2. The second-order valence-corrected chi connectivity index (χ2v) is 9.10. The molecule has 2 rings (SSSR count). The van der Waals surface area contributed by atoms with Crippen molar-refractivity contribution in [1.82, 2.24) is 14.8 Å². The molecule has 1 saturated heterocycles. The maximum absolute atomic E-state index is 13.1. The van der Waals surface area contributed by atoms with Crippen LogP contribution in [0, 0.1) is 5.92 Å². The lowest BCUT2D eigenvalue weighted by Gasteiger charge is -2.33. The summed E-state index contributed by atoms with van der Waals surface area (Å²) in [6.07, 6.45) is 0.282. The summed E-state index contributed by atoms with van der Waals surface area (Å²) < 4.78 is 11.4. The monoisotopic (exact) mass is 481 g/mol. The fourth-order valence-corrected chi connectivity index (χ4v) is 3.68. The zero-order valence-corrected chi connectivity index (χ0v) is 20.4. The van der Waals surface area contributed by atoms with Gasteiger partial charge in [-0.15, -0.1) is 0 Å². The van der Waals surface area contributed by atoms with Gasteiger partial charge in [-0.25, -0.2) is 0 Å². The van der Waals surface area contributed by atoms with Crippen LogP contribution >= 0.6 is 0 Å². The Hall–Kier alpha value is -2.27. The summed E-state index contributed by atoms with van der Waals surface area (Å²) in [6.45, 7) is 7.06. The fourth-order valence-electron chi connectivity index (χ4n) is 3.68. The number of aliphatic hydroxyl groups is 2. The number of nitrogens with zero attached hydrogens (tertiary/aromatic N) is 2. The van der Waals surface area contributed by atoms with Crippen LogP contribution < -0.4 is 5.56 Å². The highest BCUT2D eigenvalue weighted by molar-refractivity contribution is 5.93. The molecule has 0 aromatic carbocycles. The number of nitrogens with one attached hydrogen (secondary N) is 1. The largest absolute Gasteiger partial charge is 0.388 e. The SMILES string of the molecule is CC(=O)N1CCN(C(=O)c2ccc[nH]c2=O)CCCCOC[C@@H](O)[C@@H](O)[C@H](OCCC(C)C)C1. The Morgan fingerprint density at radius 3 is 2.62 bits per heavy atom. The Morgan fingerprint density at radius 1 is 1.21 bits per heavy atom. The first-order chi connectivity index (χ1) is 16.2. The van der Waals surface area contributed by atoms with Gasteiger partial charge in [0, 0.05) is 52.5 Å². The van der Waals surface area contributed by atoms with E-state index in [0.29, 0.717) is 38.5 Å². The average Bonchev–Trinajstić information content (AvgIpc) is 2.79. The zero-order chi connectivity index (χ0) is 25.1. The van der Waals surface area contributed by atoms with E-state index in [2.05, 4.69) is 18.8 Å². The average molecular weight is 482 g/mol. The minimum atomic E-state index is -1.24. The van der Waals surface area contributed by atoms with Crippen molar-refractivity contribution in [2.45, 2.75) is 58.3 Å². The molecule has 0 saturated carbocycles. The molecule has 2 heterocycles. The maximum atomic E-state index is 13.1. The van der Waals surface area contributed by atoms with Crippen LogP contribution in [-0.4, -0.2) is 101 Å². The number of ether oxygens (including phenoxy) is 2. The molecule has 1 aromatic heterocycles. The number of carbonyl (C=O) groups excluding carboxylic acids is 2. The van der Waals surface area contributed by atoms with Gasteiger partial charge in [-0.3, -0.25) is 14.4 Å². The lowest BCUT2D eigenvalue weighted by Crippen LogP contribution is -2.50. The number of H-pyrrole nitrogens is 1. The molecule has 1 aliphatic rings. The predicted molar refractivity (Wildman–Crippen MR) is 126 cm³/mol. The third-order valence-corrected chi connectivity index (χ3v) is 5.88. The number of rotatable bonds is 5. The van der Waals surface area contributed by atoms with E-state index in [0.717, 1.165) is 6.42 Å². The summed E-state index contributed by atoms with van der Waals surface area (Å²) in [7, 11) is 0. The minimum Gasteiger partial charge on any atom is -0.388 e. The summed E-state index contributed by atoms with van der Waals surface area (Å²) in [6, 6.07) is 3.08. The van der Waals surface area contributed by atoms with Crippen LogP contribution in [0.15, 0.2) is 23.1 Å². The summed E-state index contributed by atoms with van der Waals surface area (Å²) in [5, 5.41) is 21.2. The second-order valence-electron chi connectivity index (χ2n) is 9.10. The second kappa shape index (κ2) is 14.2.